The molecular formula is C64H82N4O5. The molecule has 0 unspecified atom stereocenters. The molecule has 5 aliphatic carbocycles. The van der Waals surface area contributed by atoms with Gasteiger partial charge in [0.05, 0.1) is 41.3 Å². The summed E-state index contributed by atoms with van der Waals surface area (Å²) in [5.74, 6) is 2.63. The van der Waals surface area contributed by atoms with E-state index in [2.05, 4.69) is 112 Å². The monoisotopic (exact) mass is 987 g/mol. The first-order valence-electron chi connectivity index (χ1n) is 28.1. The SMILES string of the molecule is C=CC1=C(C)C2=NC1=CC1=NC(=CC3=C(C)C4=C(O)[C@H](C(=O)OC)C(=C5NC(=C2)[C@@H](C)[C@@H]5CCC(=O)O[C@H]2CC[C@@]5(C)C(=CC[C@H]6[C@@H]7CC[C@H]([C@H](C)/C=C/[C@@H](CC)C(C)C)[C@@]7(C)CC[C@@H]65)C2)C4=N3)C(CC)=C1C. The third kappa shape index (κ3) is 8.36. The maximum Gasteiger partial charge on any atom is 0.321 e. The Kier molecular flexibility index (Phi) is 13.6. The predicted octanol–water partition coefficient (Wildman–Crippen LogP) is 14.4. The summed E-state index contributed by atoms with van der Waals surface area (Å²) in [6.45, 7) is 29.3. The molecular weight excluding hydrogens is 905 g/mol. The van der Waals surface area contributed by atoms with Crippen molar-refractivity contribution in [1.82, 2.24) is 5.32 Å². The van der Waals surface area contributed by atoms with E-state index in [0.29, 0.717) is 58.1 Å². The molecule has 12 atom stereocenters. The van der Waals surface area contributed by atoms with Gasteiger partial charge in [-0.05, 0) is 178 Å². The number of allylic oxidation sites excluding steroid dienone is 14. The number of ether oxygens (including phenoxy) is 2. The van der Waals surface area contributed by atoms with Crippen LogP contribution in [0.1, 0.15) is 153 Å². The number of hydrogen-bond acceptors (Lipinski definition) is 9. The number of rotatable bonds is 12. The Bertz CT molecular complexity index is 2840. The molecule has 0 radical (unpaired) electrons. The van der Waals surface area contributed by atoms with Crippen LogP contribution in [0.25, 0.3) is 0 Å². The molecule has 10 rings (SSSR count). The molecule has 0 aromatic heterocycles. The Hall–Kier alpha value is -5.31. The van der Waals surface area contributed by atoms with Crippen LogP contribution < -0.4 is 5.32 Å². The quantitative estimate of drug-likeness (QED) is 0.148. The van der Waals surface area contributed by atoms with Gasteiger partial charge in [-0.2, -0.15) is 0 Å². The van der Waals surface area contributed by atoms with Gasteiger partial charge in [0.1, 0.15) is 17.8 Å². The highest BCUT2D eigenvalue weighted by molar-refractivity contribution is 6.24. The molecule has 0 aromatic rings. The zero-order valence-electron chi connectivity index (χ0n) is 46.0. The number of nitrogens with zero attached hydrogens (tertiary/aromatic N) is 3. The van der Waals surface area contributed by atoms with Crippen LogP contribution in [0.2, 0.25) is 0 Å². The molecule has 8 bridgehead atoms. The van der Waals surface area contributed by atoms with Crippen molar-refractivity contribution in [3.8, 4) is 0 Å². The summed E-state index contributed by atoms with van der Waals surface area (Å²) in [5.41, 5.74) is 14.3. The minimum Gasteiger partial charge on any atom is -0.510 e. The van der Waals surface area contributed by atoms with Gasteiger partial charge in [-0.3, -0.25) is 9.59 Å². The van der Waals surface area contributed by atoms with Crippen molar-refractivity contribution >= 4 is 29.1 Å². The van der Waals surface area contributed by atoms with Crippen molar-refractivity contribution in [3.63, 3.8) is 0 Å². The van der Waals surface area contributed by atoms with Gasteiger partial charge in [-0.1, -0.05) is 91.8 Å². The van der Waals surface area contributed by atoms with Gasteiger partial charge < -0.3 is 19.9 Å². The Balaban J connectivity index is 0.902. The number of aliphatic imine (C=N–C) groups is 3. The van der Waals surface area contributed by atoms with E-state index in [1.54, 1.807) is 0 Å². The lowest BCUT2D eigenvalue weighted by Gasteiger charge is -2.58. The second kappa shape index (κ2) is 19.4. The fraction of sp³-hybridized carbons (Fsp3) is 0.578. The largest absolute Gasteiger partial charge is 0.510 e. The Morgan fingerprint density at radius 3 is 2.40 bits per heavy atom. The standard InChI is InChI=1S/C64H82N4O5/c1-14-39(33(4)5)18-17-34(6)46-22-23-47-45-20-19-40-29-41(25-27-63(40,11)48(45)26-28-64(46,47)12)73-55(69)24-21-44-37(9)51-30-49-35(7)42(15-2)53(65-49)31-50-36(8)43(16-3)54(66-50)32-52-38(10)56-60(68-52)57(59(44)67-51)58(61(56)70)62(71)72-13/h15,17-19,30-34,37,39,41,44-48,58,67,70H,2,14,16,20-29H2,1,3-13H3/b18-17+,51-30?,53-31?,54-32?,59-57?/t34-,37+,39-,41+,44+,45+,46-,47+,48+,58-,63+,64-/m1/s1. The maximum atomic E-state index is 14.2. The molecule has 388 valence electrons. The van der Waals surface area contributed by atoms with Crippen molar-refractivity contribution in [2.75, 3.05) is 7.11 Å². The number of fused-ring (bicyclic) bond motifs is 10. The molecule has 2 N–H and O–H groups in total. The first-order chi connectivity index (χ1) is 34.9. The van der Waals surface area contributed by atoms with Crippen LogP contribution in [0.3, 0.4) is 0 Å². The van der Waals surface area contributed by atoms with Gasteiger partial charge in [-0.15, -0.1) is 0 Å². The first kappa shape index (κ1) is 51.2. The Morgan fingerprint density at radius 1 is 0.932 bits per heavy atom. The fourth-order valence-corrected chi connectivity index (χ4v) is 16.2. The smallest absolute Gasteiger partial charge is 0.321 e. The lowest BCUT2D eigenvalue weighted by Crippen LogP contribution is -2.51. The molecule has 0 amide bonds. The van der Waals surface area contributed by atoms with Crippen LogP contribution in [0.5, 0.6) is 0 Å². The molecule has 4 fully saturated rings. The van der Waals surface area contributed by atoms with E-state index in [9.17, 15) is 14.7 Å². The minimum absolute atomic E-state index is 0.0719. The molecule has 9 nitrogen and oxygen atoms in total. The average Bonchev–Trinajstić information content (AvgIpc) is 4.17. The van der Waals surface area contributed by atoms with Crippen LogP contribution in [0.4, 0.5) is 0 Å². The van der Waals surface area contributed by atoms with Gasteiger partial charge in [0, 0.05) is 52.8 Å². The van der Waals surface area contributed by atoms with E-state index in [1.807, 2.05) is 19.1 Å². The molecule has 3 saturated carbocycles. The minimum atomic E-state index is -1.08. The van der Waals surface area contributed by atoms with E-state index >= 15 is 0 Å². The summed E-state index contributed by atoms with van der Waals surface area (Å²) in [5, 5.41) is 15.8. The highest BCUT2D eigenvalue weighted by Crippen LogP contribution is 2.67. The molecule has 0 spiro atoms. The lowest BCUT2D eigenvalue weighted by atomic mass is 9.47. The highest BCUT2D eigenvalue weighted by Gasteiger charge is 2.59. The second-order valence-electron chi connectivity index (χ2n) is 24.3. The number of carbonyl (C=O) groups is 2. The average molecular weight is 987 g/mol. The second-order valence-corrected chi connectivity index (χ2v) is 24.3. The van der Waals surface area contributed by atoms with Crippen molar-refractivity contribution in [1.29, 1.82) is 0 Å². The molecule has 1 saturated heterocycles. The van der Waals surface area contributed by atoms with Gasteiger partial charge in [0.25, 0.3) is 0 Å². The van der Waals surface area contributed by atoms with Crippen molar-refractivity contribution < 1.29 is 24.2 Å². The maximum absolute atomic E-state index is 14.2. The lowest BCUT2D eigenvalue weighted by molar-refractivity contribution is -0.152. The summed E-state index contributed by atoms with van der Waals surface area (Å²) in [7, 11) is 1.35. The van der Waals surface area contributed by atoms with Gasteiger partial charge in [-0.25, -0.2) is 15.0 Å². The Labute approximate surface area is 436 Å². The van der Waals surface area contributed by atoms with Crippen molar-refractivity contribution in [3.05, 3.63) is 128 Å². The molecule has 10 aliphatic rings. The zero-order chi connectivity index (χ0) is 52.0. The van der Waals surface area contributed by atoms with E-state index < -0.39 is 11.9 Å². The van der Waals surface area contributed by atoms with E-state index in [1.165, 1.54) is 44.8 Å². The predicted molar refractivity (Wildman–Crippen MR) is 294 cm³/mol. The summed E-state index contributed by atoms with van der Waals surface area (Å²) in [4.78, 5) is 43.6. The summed E-state index contributed by atoms with van der Waals surface area (Å²) in [6, 6.07) is 0. The topological polar surface area (TPSA) is 122 Å². The number of methoxy groups -OCH3 is 1. The van der Waals surface area contributed by atoms with Gasteiger partial charge in [0.15, 0.2) is 0 Å². The van der Waals surface area contributed by atoms with Crippen molar-refractivity contribution in [2.24, 2.45) is 85.0 Å². The van der Waals surface area contributed by atoms with Crippen LogP contribution in [-0.2, 0) is 19.1 Å². The molecule has 9 heteroatoms. The molecule has 73 heavy (non-hydrogen) atoms. The molecule has 5 aliphatic heterocycles. The van der Waals surface area contributed by atoms with Gasteiger partial charge in [0.2, 0.25) is 0 Å². The van der Waals surface area contributed by atoms with Gasteiger partial charge >= 0.3 is 11.9 Å². The van der Waals surface area contributed by atoms with E-state index in [0.717, 1.165) is 112 Å². The van der Waals surface area contributed by atoms with Crippen LogP contribution in [0, 0.1) is 70.0 Å². The summed E-state index contributed by atoms with van der Waals surface area (Å²) in [6.07, 6.45) is 27.4. The number of esters is 2. The van der Waals surface area contributed by atoms with Crippen LogP contribution in [-0.4, -0.2) is 47.4 Å². The summed E-state index contributed by atoms with van der Waals surface area (Å²) < 4.78 is 11.9. The van der Waals surface area contributed by atoms with E-state index in [4.69, 9.17) is 24.5 Å². The number of aliphatic hydroxyl groups excluding tert-OH is 1. The van der Waals surface area contributed by atoms with E-state index in [-0.39, 0.29) is 41.5 Å². The van der Waals surface area contributed by atoms with Crippen LogP contribution in [0.15, 0.2) is 143 Å². The number of carbonyl (C=O) groups excluding carboxylic acids is 2. The third-order valence-corrected chi connectivity index (χ3v) is 20.6. The Morgan fingerprint density at radius 2 is 1.68 bits per heavy atom. The normalized spacial score (nSPS) is 34.2. The molecule has 0 aromatic carbocycles. The summed E-state index contributed by atoms with van der Waals surface area (Å²) >= 11 is 0. The number of aliphatic hydroxyl groups is 1. The number of nitrogens with one attached hydrogen (secondary N) is 1. The fourth-order valence-electron chi connectivity index (χ4n) is 16.2. The number of hydrogen-bond donors (Lipinski definition) is 2. The van der Waals surface area contributed by atoms with Crippen molar-refractivity contribution in [2.45, 2.75) is 159 Å². The van der Waals surface area contributed by atoms with Crippen LogP contribution >= 0.6 is 0 Å². The first-order valence-corrected chi connectivity index (χ1v) is 28.1. The molecule has 5 heterocycles. The zero-order valence-corrected chi connectivity index (χ0v) is 46.0. The highest BCUT2D eigenvalue weighted by atomic mass is 16.5. The third-order valence-electron chi connectivity index (χ3n) is 20.6.